The van der Waals surface area contributed by atoms with Crippen LogP contribution in [0.25, 0.3) is 5.65 Å². The minimum absolute atomic E-state index is 0.0901. The highest BCUT2D eigenvalue weighted by atomic mass is 16.2. The van der Waals surface area contributed by atoms with Gasteiger partial charge < -0.3 is 15.5 Å². The van der Waals surface area contributed by atoms with Crippen molar-refractivity contribution in [3.05, 3.63) is 48.5 Å². The van der Waals surface area contributed by atoms with Crippen LogP contribution in [-0.2, 0) is 6.54 Å². The Morgan fingerprint density at radius 2 is 2.28 bits per heavy atom. The Morgan fingerprint density at radius 3 is 3.16 bits per heavy atom. The third-order valence-electron chi connectivity index (χ3n) is 4.17. The average molecular weight is 338 g/mol. The van der Waals surface area contributed by atoms with E-state index in [4.69, 9.17) is 0 Å². The quantitative estimate of drug-likeness (QED) is 0.722. The largest absolute Gasteiger partial charge is 0.353 e. The van der Waals surface area contributed by atoms with Crippen molar-refractivity contribution in [1.82, 2.24) is 35.4 Å². The second-order valence-electron chi connectivity index (χ2n) is 5.95. The molecule has 2 amide bonds. The van der Waals surface area contributed by atoms with E-state index < -0.39 is 0 Å². The van der Waals surface area contributed by atoms with Gasteiger partial charge in [-0.1, -0.05) is 6.07 Å². The number of pyridine rings is 1. The van der Waals surface area contributed by atoms with Gasteiger partial charge in [0.15, 0.2) is 5.65 Å². The molecule has 1 atom stereocenters. The summed E-state index contributed by atoms with van der Waals surface area (Å²) in [5, 5.41) is 18.1. The van der Waals surface area contributed by atoms with Crippen molar-refractivity contribution in [2.24, 2.45) is 0 Å². The first kappa shape index (κ1) is 15.3. The minimum Gasteiger partial charge on any atom is -0.353 e. The predicted octanol–water partition coefficient (Wildman–Crippen LogP) is 0.597. The van der Waals surface area contributed by atoms with Crippen LogP contribution in [0.5, 0.6) is 0 Å². The van der Waals surface area contributed by atoms with Crippen LogP contribution in [0, 0.1) is 0 Å². The molecule has 0 aliphatic carbocycles. The zero-order valence-corrected chi connectivity index (χ0v) is 13.5. The van der Waals surface area contributed by atoms with Crippen LogP contribution in [0.1, 0.15) is 12.0 Å². The fraction of sp³-hybridized carbons (Fsp3) is 0.312. The number of nitrogens with one attached hydrogen (secondary N) is 2. The average Bonchev–Trinajstić information content (AvgIpc) is 3.29. The highest BCUT2D eigenvalue weighted by molar-refractivity contribution is 5.74. The SMILES string of the molecule is O=C(NCc1cccnc1)N[C@@H]1CCN(c2ccc3nncn3n2)C1. The van der Waals surface area contributed by atoms with E-state index in [2.05, 4.69) is 35.8 Å². The molecule has 1 aliphatic heterocycles. The van der Waals surface area contributed by atoms with Gasteiger partial charge in [0, 0.05) is 38.1 Å². The molecule has 1 fully saturated rings. The molecule has 0 aromatic carbocycles. The molecule has 3 aromatic heterocycles. The number of rotatable bonds is 4. The number of fused-ring (bicyclic) bond motifs is 1. The second kappa shape index (κ2) is 6.71. The second-order valence-corrected chi connectivity index (χ2v) is 5.95. The molecule has 4 rings (SSSR count). The molecule has 3 aromatic rings. The first-order valence-electron chi connectivity index (χ1n) is 8.13. The molecule has 1 aliphatic rings. The Morgan fingerprint density at radius 1 is 1.32 bits per heavy atom. The maximum atomic E-state index is 12.1. The van der Waals surface area contributed by atoms with Crippen LogP contribution in [0.2, 0.25) is 0 Å². The predicted molar refractivity (Wildman–Crippen MR) is 91.0 cm³/mol. The number of carbonyl (C=O) groups is 1. The molecule has 4 heterocycles. The lowest BCUT2D eigenvalue weighted by Gasteiger charge is -2.18. The monoisotopic (exact) mass is 338 g/mol. The number of carbonyl (C=O) groups excluding carboxylic acids is 1. The Hall–Kier alpha value is -3.23. The lowest BCUT2D eigenvalue weighted by Crippen LogP contribution is -2.43. The lowest BCUT2D eigenvalue weighted by atomic mass is 10.2. The molecular formula is C16H18N8O. The number of hydrogen-bond donors (Lipinski definition) is 2. The molecule has 9 nitrogen and oxygen atoms in total. The molecular weight excluding hydrogens is 320 g/mol. The van der Waals surface area contributed by atoms with Gasteiger partial charge in [-0.25, -0.2) is 4.79 Å². The maximum Gasteiger partial charge on any atom is 0.315 e. The van der Waals surface area contributed by atoms with Crippen molar-refractivity contribution in [2.75, 3.05) is 18.0 Å². The standard InChI is InChI=1S/C16H18N8O/c25-16(18-9-12-2-1-6-17-8-12)20-13-5-7-23(10-13)15-4-3-14-21-19-11-24(14)22-15/h1-4,6,8,11,13H,5,7,9-10H2,(H2,18,20,25)/t13-/m1/s1. The number of nitrogens with zero attached hydrogens (tertiary/aromatic N) is 6. The summed E-state index contributed by atoms with van der Waals surface area (Å²) in [5.41, 5.74) is 1.68. The van der Waals surface area contributed by atoms with Gasteiger partial charge in [-0.15, -0.1) is 15.3 Å². The zero-order chi connectivity index (χ0) is 17.1. The van der Waals surface area contributed by atoms with Gasteiger partial charge in [0.25, 0.3) is 0 Å². The third-order valence-corrected chi connectivity index (χ3v) is 4.17. The first-order chi connectivity index (χ1) is 12.3. The van der Waals surface area contributed by atoms with Gasteiger partial charge in [0.2, 0.25) is 0 Å². The smallest absolute Gasteiger partial charge is 0.315 e. The molecule has 0 saturated carbocycles. The number of anilines is 1. The van der Waals surface area contributed by atoms with Crippen molar-refractivity contribution in [2.45, 2.75) is 19.0 Å². The number of aromatic nitrogens is 5. The van der Waals surface area contributed by atoms with Crippen LogP contribution in [0.3, 0.4) is 0 Å². The van der Waals surface area contributed by atoms with Gasteiger partial charge in [-0.2, -0.15) is 4.52 Å². The molecule has 1 saturated heterocycles. The van der Waals surface area contributed by atoms with Gasteiger partial charge in [0.05, 0.1) is 0 Å². The van der Waals surface area contributed by atoms with Gasteiger partial charge >= 0.3 is 6.03 Å². The lowest BCUT2D eigenvalue weighted by molar-refractivity contribution is 0.237. The number of amides is 2. The van der Waals surface area contributed by atoms with Gasteiger partial charge in [-0.05, 0) is 30.2 Å². The Kier molecular flexibility index (Phi) is 4.11. The van der Waals surface area contributed by atoms with Crippen molar-refractivity contribution < 1.29 is 4.79 Å². The van der Waals surface area contributed by atoms with Gasteiger partial charge in [0.1, 0.15) is 12.1 Å². The Balaban J connectivity index is 1.30. The maximum absolute atomic E-state index is 12.1. The van der Waals surface area contributed by atoms with Crippen LogP contribution < -0.4 is 15.5 Å². The van der Waals surface area contributed by atoms with Crippen LogP contribution >= 0.6 is 0 Å². The first-order valence-corrected chi connectivity index (χ1v) is 8.13. The van der Waals surface area contributed by atoms with Crippen molar-refractivity contribution >= 4 is 17.5 Å². The topological polar surface area (TPSA) is 100 Å². The van der Waals surface area contributed by atoms with E-state index in [1.54, 1.807) is 23.2 Å². The van der Waals surface area contributed by atoms with Crippen LogP contribution in [0.15, 0.2) is 43.0 Å². The minimum atomic E-state index is -0.169. The van der Waals surface area contributed by atoms with Crippen molar-refractivity contribution in [1.29, 1.82) is 0 Å². The van der Waals surface area contributed by atoms with E-state index in [9.17, 15) is 4.79 Å². The zero-order valence-electron chi connectivity index (χ0n) is 13.5. The highest BCUT2D eigenvalue weighted by Crippen LogP contribution is 2.18. The normalized spacial score (nSPS) is 17.0. The van der Waals surface area contributed by atoms with E-state index in [0.29, 0.717) is 12.2 Å². The van der Waals surface area contributed by atoms with Crippen LogP contribution in [-0.4, -0.2) is 50.0 Å². The number of hydrogen-bond acceptors (Lipinski definition) is 6. The van der Waals surface area contributed by atoms with Crippen LogP contribution in [0.4, 0.5) is 10.6 Å². The molecule has 0 radical (unpaired) electrons. The molecule has 9 heteroatoms. The van der Waals surface area contributed by atoms with Gasteiger partial charge in [-0.3, -0.25) is 4.98 Å². The molecule has 25 heavy (non-hydrogen) atoms. The van der Waals surface area contributed by atoms with E-state index in [1.807, 2.05) is 24.3 Å². The number of urea groups is 1. The van der Waals surface area contributed by atoms with Crippen molar-refractivity contribution in [3.8, 4) is 0 Å². The summed E-state index contributed by atoms with van der Waals surface area (Å²) in [6, 6.07) is 7.51. The summed E-state index contributed by atoms with van der Waals surface area (Å²) < 4.78 is 1.65. The molecule has 128 valence electrons. The molecule has 0 unspecified atom stereocenters. The Bertz CT molecular complexity index is 865. The summed E-state index contributed by atoms with van der Waals surface area (Å²) in [5.74, 6) is 0.854. The molecule has 0 bridgehead atoms. The summed E-state index contributed by atoms with van der Waals surface area (Å²) in [6.07, 6.45) is 5.91. The third kappa shape index (κ3) is 3.49. The molecule has 2 N–H and O–H groups in total. The fourth-order valence-corrected chi connectivity index (χ4v) is 2.89. The van der Waals surface area contributed by atoms with E-state index in [-0.39, 0.29) is 12.1 Å². The summed E-state index contributed by atoms with van der Waals surface area (Å²) >= 11 is 0. The summed E-state index contributed by atoms with van der Waals surface area (Å²) in [4.78, 5) is 18.2. The Labute approximate surface area is 144 Å². The van der Waals surface area contributed by atoms with Crippen molar-refractivity contribution in [3.63, 3.8) is 0 Å². The summed E-state index contributed by atoms with van der Waals surface area (Å²) in [7, 11) is 0. The molecule has 0 spiro atoms. The van der Waals surface area contributed by atoms with E-state index in [0.717, 1.165) is 30.9 Å². The van der Waals surface area contributed by atoms with E-state index in [1.165, 1.54) is 0 Å². The summed E-state index contributed by atoms with van der Waals surface area (Å²) in [6.45, 7) is 2.02. The highest BCUT2D eigenvalue weighted by Gasteiger charge is 2.25. The fourth-order valence-electron chi connectivity index (χ4n) is 2.89. The van der Waals surface area contributed by atoms with E-state index >= 15 is 0 Å².